The molecule has 1 N–H and O–H groups in total. The van der Waals surface area contributed by atoms with Crippen molar-refractivity contribution in [2.75, 3.05) is 32.1 Å². The molecule has 110 valence electrons. The van der Waals surface area contributed by atoms with Crippen molar-refractivity contribution in [3.8, 4) is 0 Å². The number of hydrogen-bond donors (Lipinski definition) is 1. The number of carbonyl (C=O) groups excluding carboxylic acids is 1. The van der Waals surface area contributed by atoms with Gasteiger partial charge in [0.05, 0.1) is 0 Å². The molecule has 1 aliphatic heterocycles. The monoisotopic (exact) mass is 277 g/mol. The average Bonchev–Trinajstić information content (AvgIpc) is 2.46. The van der Waals surface area contributed by atoms with Crippen LogP contribution in [0.25, 0.3) is 0 Å². The van der Waals surface area contributed by atoms with Crippen molar-refractivity contribution in [1.29, 1.82) is 0 Å². The van der Waals surface area contributed by atoms with Crippen LogP contribution in [0.5, 0.6) is 0 Å². The van der Waals surface area contributed by atoms with E-state index in [0.29, 0.717) is 5.56 Å². The Morgan fingerprint density at radius 3 is 2.80 bits per heavy atom. The number of carbonyl (C=O) groups is 1. The first kappa shape index (κ1) is 14.8. The minimum atomic E-state index is 0.0570. The minimum Gasteiger partial charge on any atom is -0.381 e. The zero-order valence-electron chi connectivity index (χ0n) is 12.5. The molecule has 2 heterocycles. The van der Waals surface area contributed by atoms with Crippen LogP contribution < -0.4 is 5.32 Å². The molecule has 5 heteroatoms. The summed E-state index contributed by atoms with van der Waals surface area (Å²) in [6.45, 7) is 6.19. The van der Waals surface area contributed by atoms with E-state index in [1.165, 1.54) is 0 Å². The minimum absolute atomic E-state index is 0.0570. The Labute approximate surface area is 120 Å². The van der Waals surface area contributed by atoms with Gasteiger partial charge in [0.15, 0.2) is 0 Å². The van der Waals surface area contributed by atoms with Crippen molar-refractivity contribution < 1.29 is 9.53 Å². The molecule has 20 heavy (non-hydrogen) atoms. The van der Waals surface area contributed by atoms with E-state index in [0.717, 1.165) is 44.1 Å². The summed E-state index contributed by atoms with van der Waals surface area (Å²) in [7, 11) is 1.88. The van der Waals surface area contributed by atoms with E-state index in [9.17, 15) is 4.79 Å². The van der Waals surface area contributed by atoms with Crippen LogP contribution in [0.15, 0.2) is 12.1 Å². The van der Waals surface area contributed by atoms with Crippen molar-refractivity contribution in [3.63, 3.8) is 0 Å². The zero-order valence-corrected chi connectivity index (χ0v) is 12.5. The van der Waals surface area contributed by atoms with E-state index in [-0.39, 0.29) is 11.9 Å². The maximum Gasteiger partial charge on any atom is 0.254 e. The number of nitrogens with zero attached hydrogens (tertiary/aromatic N) is 2. The summed E-state index contributed by atoms with van der Waals surface area (Å²) in [6.07, 6.45) is 1.82. The molecule has 0 saturated carbocycles. The fourth-order valence-electron chi connectivity index (χ4n) is 2.51. The van der Waals surface area contributed by atoms with E-state index >= 15 is 0 Å². The highest BCUT2D eigenvalue weighted by atomic mass is 16.5. The number of rotatable bonds is 4. The van der Waals surface area contributed by atoms with Gasteiger partial charge in [-0.3, -0.25) is 4.79 Å². The first-order valence-electron chi connectivity index (χ1n) is 7.19. The summed E-state index contributed by atoms with van der Waals surface area (Å²) in [5.41, 5.74) is 1.55. The molecule has 1 fully saturated rings. The number of aromatic nitrogens is 1. The summed E-state index contributed by atoms with van der Waals surface area (Å²) >= 11 is 0. The molecule has 1 amide bonds. The fourth-order valence-corrected chi connectivity index (χ4v) is 2.51. The van der Waals surface area contributed by atoms with Gasteiger partial charge in [-0.25, -0.2) is 4.98 Å². The van der Waals surface area contributed by atoms with Crippen LogP contribution in [-0.4, -0.2) is 48.6 Å². The topological polar surface area (TPSA) is 54.5 Å². The van der Waals surface area contributed by atoms with Crippen LogP contribution in [0.3, 0.4) is 0 Å². The summed E-state index contributed by atoms with van der Waals surface area (Å²) in [4.78, 5) is 18.8. The van der Waals surface area contributed by atoms with Crippen molar-refractivity contribution in [1.82, 2.24) is 9.88 Å². The zero-order chi connectivity index (χ0) is 14.5. The maximum absolute atomic E-state index is 12.6. The highest BCUT2D eigenvalue weighted by molar-refractivity contribution is 5.95. The van der Waals surface area contributed by atoms with Crippen molar-refractivity contribution in [3.05, 3.63) is 23.4 Å². The Kier molecular flexibility index (Phi) is 4.95. The summed E-state index contributed by atoms with van der Waals surface area (Å²) in [5, 5.41) is 3.16. The second-order valence-electron chi connectivity index (χ2n) is 5.17. The summed E-state index contributed by atoms with van der Waals surface area (Å²) in [6, 6.07) is 3.94. The van der Waals surface area contributed by atoms with Gasteiger partial charge in [-0.05, 0) is 38.8 Å². The van der Waals surface area contributed by atoms with E-state index in [4.69, 9.17) is 4.74 Å². The standard InChI is InChI=1S/C15H23N3O2/c1-4-16-14-10-12(9-11(2)17-14)15(19)18(3)13-5-7-20-8-6-13/h9-10,13H,4-8H2,1-3H3,(H,16,17). The predicted molar refractivity (Wildman–Crippen MR) is 79.1 cm³/mol. The lowest BCUT2D eigenvalue weighted by Gasteiger charge is -2.31. The highest BCUT2D eigenvalue weighted by Crippen LogP contribution is 2.17. The van der Waals surface area contributed by atoms with Gasteiger partial charge < -0.3 is 15.0 Å². The Bertz CT molecular complexity index is 470. The number of ether oxygens (including phenoxy) is 1. The molecular weight excluding hydrogens is 254 g/mol. The number of hydrogen-bond acceptors (Lipinski definition) is 4. The number of nitrogens with one attached hydrogen (secondary N) is 1. The van der Waals surface area contributed by atoms with Gasteiger partial charge in [-0.2, -0.15) is 0 Å². The lowest BCUT2D eigenvalue weighted by Crippen LogP contribution is -2.40. The second kappa shape index (κ2) is 6.70. The largest absolute Gasteiger partial charge is 0.381 e. The summed E-state index contributed by atoms with van der Waals surface area (Å²) < 4.78 is 5.35. The number of aryl methyl sites for hydroxylation is 1. The normalized spacial score (nSPS) is 15.9. The van der Waals surface area contributed by atoms with Gasteiger partial charge in [0, 0.05) is 44.1 Å². The number of anilines is 1. The molecule has 0 unspecified atom stereocenters. The van der Waals surface area contributed by atoms with E-state index in [1.807, 2.05) is 37.9 Å². The van der Waals surface area contributed by atoms with Gasteiger partial charge in [0.25, 0.3) is 5.91 Å². The lowest BCUT2D eigenvalue weighted by atomic mass is 10.1. The third-order valence-corrected chi connectivity index (χ3v) is 3.62. The lowest BCUT2D eigenvalue weighted by molar-refractivity contribution is 0.0362. The van der Waals surface area contributed by atoms with Gasteiger partial charge in [0.2, 0.25) is 0 Å². The molecule has 2 rings (SSSR count). The Balaban J connectivity index is 2.14. The number of amides is 1. The van der Waals surface area contributed by atoms with Crippen LogP contribution in [0.1, 0.15) is 35.8 Å². The Morgan fingerprint density at radius 2 is 2.15 bits per heavy atom. The molecule has 1 aromatic heterocycles. The van der Waals surface area contributed by atoms with E-state index in [1.54, 1.807) is 0 Å². The number of pyridine rings is 1. The van der Waals surface area contributed by atoms with Gasteiger partial charge in [0.1, 0.15) is 5.82 Å². The smallest absolute Gasteiger partial charge is 0.254 e. The van der Waals surface area contributed by atoms with Crippen LogP contribution in [0, 0.1) is 6.92 Å². The molecule has 0 aliphatic carbocycles. The van der Waals surface area contributed by atoms with Gasteiger partial charge in [-0.15, -0.1) is 0 Å². The van der Waals surface area contributed by atoms with Crippen LogP contribution in [0.4, 0.5) is 5.82 Å². The van der Waals surface area contributed by atoms with Crippen LogP contribution >= 0.6 is 0 Å². The van der Waals surface area contributed by atoms with Crippen molar-refractivity contribution in [2.45, 2.75) is 32.7 Å². The third kappa shape index (κ3) is 3.48. The van der Waals surface area contributed by atoms with Crippen LogP contribution in [-0.2, 0) is 4.74 Å². The van der Waals surface area contributed by atoms with Crippen molar-refractivity contribution in [2.24, 2.45) is 0 Å². The molecule has 1 aliphatic rings. The van der Waals surface area contributed by atoms with Gasteiger partial charge in [-0.1, -0.05) is 0 Å². The Hall–Kier alpha value is -1.62. The molecule has 0 radical (unpaired) electrons. The Morgan fingerprint density at radius 1 is 1.45 bits per heavy atom. The molecule has 0 spiro atoms. The van der Waals surface area contributed by atoms with Crippen LogP contribution in [0.2, 0.25) is 0 Å². The summed E-state index contributed by atoms with van der Waals surface area (Å²) in [5.74, 6) is 0.817. The highest BCUT2D eigenvalue weighted by Gasteiger charge is 2.23. The quantitative estimate of drug-likeness (QED) is 0.915. The molecule has 0 atom stereocenters. The maximum atomic E-state index is 12.6. The van der Waals surface area contributed by atoms with E-state index < -0.39 is 0 Å². The molecular formula is C15H23N3O2. The average molecular weight is 277 g/mol. The SMILES string of the molecule is CCNc1cc(C(=O)N(C)C2CCOCC2)cc(C)n1. The molecule has 1 saturated heterocycles. The fraction of sp³-hybridized carbons (Fsp3) is 0.600. The first-order valence-corrected chi connectivity index (χ1v) is 7.19. The molecule has 0 bridgehead atoms. The van der Waals surface area contributed by atoms with Gasteiger partial charge >= 0.3 is 0 Å². The second-order valence-corrected chi connectivity index (χ2v) is 5.17. The molecule has 1 aromatic rings. The third-order valence-electron chi connectivity index (χ3n) is 3.62. The predicted octanol–water partition coefficient (Wildman–Crippen LogP) is 2.07. The molecule has 0 aromatic carbocycles. The molecule has 5 nitrogen and oxygen atoms in total. The van der Waals surface area contributed by atoms with Crippen molar-refractivity contribution >= 4 is 11.7 Å². The first-order chi connectivity index (χ1) is 9.61. The van der Waals surface area contributed by atoms with E-state index in [2.05, 4.69) is 10.3 Å².